The highest BCUT2D eigenvalue weighted by atomic mass is 16.5. The van der Waals surface area contributed by atoms with Gasteiger partial charge in [0.2, 0.25) is 23.6 Å². The predicted molar refractivity (Wildman–Crippen MR) is 204 cm³/mol. The molecule has 5 rings (SSSR count). The smallest absolute Gasteiger partial charge is 0.251 e. The number of hydrogen-bond acceptors (Lipinski definition) is 11. The van der Waals surface area contributed by atoms with Crippen molar-refractivity contribution in [3.05, 3.63) is 71.8 Å². The quantitative estimate of drug-likeness (QED) is 0.191. The van der Waals surface area contributed by atoms with Crippen molar-refractivity contribution in [2.45, 2.75) is 64.9 Å². The Bertz CT molecular complexity index is 2020. The monoisotopic (exact) mass is 772 g/mol. The zero-order valence-electron chi connectivity index (χ0n) is 32.0. The second-order valence-corrected chi connectivity index (χ2v) is 13.6. The van der Waals surface area contributed by atoms with Crippen molar-refractivity contribution in [1.29, 1.82) is 0 Å². The van der Waals surface area contributed by atoms with Crippen LogP contribution in [0.5, 0.6) is 23.0 Å². The molecule has 0 saturated heterocycles. The van der Waals surface area contributed by atoms with Crippen molar-refractivity contribution < 1.29 is 43.3 Å². The SMILES string of the molecule is COc1ccc2cc1Oc1cccc(OC)c1CNC(=O)[C@@H](C(C)C)NC(=O)[C@H]([C@@H](C)O)NC(=O)CN(C(=O)Cn1nc3ccccc3n1)CCCCNC2=O. The summed E-state index contributed by atoms with van der Waals surface area (Å²) in [4.78, 5) is 70.1. The van der Waals surface area contributed by atoms with E-state index < -0.39 is 54.3 Å². The van der Waals surface area contributed by atoms with Crippen LogP contribution in [0.2, 0.25) is 0 Å². The molecule has 1 aliphatic rings. The van der Waals surface area contributed by atoms with Gasteiger partial charge in [0, 0.05) is 18.7 Å². The molecule has 4 aromatic rings. The minimum atomic E-state index is -1.46. The highest BCUT2D eigenvalue weighted by molar-refractivity contribution is 5.95. The van der Waals surface area contributed by atoms with Crippen LogP contribution in [0.1, 0.15) is 49.5 Å². The highest BCUT2D eigenvalue weighted by Gasteiger charge is 2.32. The van der Waals surface area contributed by atoms with Gasteiger partial charge in [0.05, 0.1) is 39.0 Å². The Labute approximate surface area is 324 Å². The summed E-state index contributed by atoms with van der Waals surface area (Å²) in [5, 5.41) is 30.2. The van der Waals surface area contributed by atoms with Crippen LogP contribution in [0.25, 0.3) is 11.0 Å². The van der Waals surface area contributed by atoms with Crippen LogP contribution >= 0.6 is 0 Å². The van der Waals surface area contributed by atoms with Crippen molar-refractivity contribution in [1.82, 2.24) is 41.2 Å². The van der Waals surface area contributed by atoms with Crippen LogP contribution in [0.15, 0.2) is 60.7 Å². The number of methoxy groups -OCH3 is 2. The van der Waals surface area contributed by atoms with Gasteiger partial charge < -0.3 is 45.5 Å². The number of fused-ring (bicyclic) bond motifs is 4. The number of rotatable bonds is 6. The summed E-state index contributed by atoms with van der Waals surface area (Å²) in [5.74, 6) is -2.00. The predicted octanol–water partition coefficient (Wildman–Crippen LogP) is 1.92. The minimum Gasteiger partial charge on any atom is -0.496 e. The van der Waals surface area contributed by atoms with E-state index in [1.807, 2.05) is 0 Å². The zero-order valence-corrected chi connectivity index (χ0v) is 32.0. The van der Waals surface area contributed by atoms with Crippen molar-refractivity contribution in [2.75, 3.05) is 33.9 Å². The molecule has 0 fully saturated rings. The first-order valence-corrected chi connectivity index (χ1v) is 18.3. The van der Waals surface area contributed by atoms with E-state index >= 15 is 0 Å². The normalized spacial score (nSPS) is 18.4. The fraction of sp³-hybridized carbons (Fsp3) is 0.410. The lowest BCUT2D eigenvalue weighted by Crippen LogP contribution is -2.59. The van der Waals surface area contributed by atoms with E-state index in [9.17, 15) is 29.1 Å². The number of ether oxygens (including phenoxy) is 3. The molecule has 0 spiro atoms. The van der Waals surface area contributed by atoms with Crippen molar-refractivity contribution >= 4 is 40.6 Å². The minimum absolute atomic E-state index is 0.0791. The van der Waals surface area contributed by atoms with Crippen molar-refractivity contribution in [3.63, 3.8) is 0 Å². The number of aromatic nitrogens is 3. The topological polar surface area (TPSA) is 215 Å². The van der Waals surface area contributed by atoms with Crippen LogP contribution in [-0.2, 0) is 32.3 Å². The van der Waals surface area contributed by atoms with Crippen LogP contribution in [0.4, 0.5) is 0 Å². The molecule has 56 heavy (non-hydrogen) atoms. The van der Waals surface area contributed by atoms with Gasteiger partial charge in [-0.25, -0.2) is 0 Å². The molecule has 298 valence electrons. The zero-order chi connectivity index (χ0) is 40.4. The van der Waals surface area contributed by atoms with Gasteiger partial charge in [-0.05, 0) is 68.1 Å². The van der Waals surface area contributed by atoms with Crippen molar-refractivity contribution in [2.24, 2.45) is 5.92 Å². The largest absolute Gasteiger partial charge is 0.496 e. The van der Waals surface area contributed by atoms with Gasteiger partial charge >= 0.3 is 0 Å². The Hall–Kier alpha value is -6.23. The molecule has 2 bridgehead atoms. The number of aliphatic hydroxyl groups excluding tert-OH is 1. The fourth-order valence-electron chi connectivity index (χ4n) is 6.10. The number of hydrogen-bond donors (Lipinski definition) is 5. The lowest BCUT2D eigenvalue weighted by Gasteiger charge is -2.28. The molecular weight excluding hydrogens is 724 g/mol. The van der Waals surface area contributed by atoms with Crippen LogP contribution in [-0.4, -0.2) is 107 Å². The van der Waals surface area contributed by atoms with Gasteiger partial charge in [-0.15, -0.1) is 0 Å². The summed E-state index contributed by atoms with van der Waals surface area (Å²) in [7, 11) is 2.95. The van der Waals surface area contributed by atoms with Gasteiger partial charge in [0.25, 0.3) is 5.91 Å². The molecule has 1 aliphatic heterocycles. The van der Waals surface area contributed by atoms with Gasteiger partial charge in [-0.1, -0.05) is 32.0 Å². The summed E-state index contributed by atoms with van der Waals surface area (Å²) in [6.45, 7) is 4.39. The molecular formula is C39H48N8O9. The molecule has 17 nitrogen and oxygen atoms in total. The highest BCUT2D eigenvalue weighted by Crippen LogP contribution is 2.37. The van der Waals surface area contributed by atoms with E-state index in [0.29, 0.717) is 52.3 Å². The first kappa shape index (κ1) is 40.9. The summed E-state index contributed by atoms with van der Waals surface area (Å²) in [6, 6.07) is 14.4. The van der Waals surface area contributed by atoms with E-state index in [-0.39, 0.29) is 37.8 Å². The molecule has 0 radical (unpaired) electrons. The van der Waals surface area contributed by atoms with E-state index in [1.54, 1.807) is 74.5 Å². The van der Waals surface area contributed by atoms with E-state index in [4.69, 9.17) is 14.2 Å². The van der Waals surface area contributed by atoms with Crippen molar-refractivity contribution in [3.8, 4) is 23.0 Å². The molecule has 0 unspecified atom stereocenters. The van der Waals surface area contributed by atoms with Gasteiger partial charge in [0.1, 0.15) is 41.2 Å². The Morgan fingerprint density at radius 1 is 0.857 bits per heavy atom. The molecule has 3 aromatic carbocycles. The lowest BCUT2D eigenvalue weighted by atomic mass is 10.0. The average Bonchev–Trinajstić information content (AvgIpc) is 3.59. The van der Waals surface area contributed by atoms with E-state index in [1.165, 1.54) is 30.8 Å². The number of nitrogens with zero attached hydrogens (tertiary/aromatic N) is 4. The number of carbonyl (C=O) groups is 5. The average molecular weight is 773 g/mol. The molecule has 3 atom stereocenters. The Balaban J connectivity index is 1.43. The molecule has 0 aliphatic carbocycles. The maximum atomic E-state index is 13.7. The third-order valence-electron chi connectivity index (χ3n) is 9.16. The Morgan fingerprint density at radius 2 is 1.57 bits per heavy atom. The third-order valence-corrected chi connectivity index (χ3v) is 9.16. The molecule has 5 amide bonds. The molecule has 0 saturated carbocycles. The van der Waals surface area contributed by atoms with E-state index in [2.05, 4.69) is 31.5 Å². The van der Waals surface area contributed by atoms with E-state index in [0.717, 1.165) is 0 Å². The Kier molecular flexibility index (Phi) is 13.8. The molecule has 5 N–H and O–H groups in total. The standard InChI is InChI=1S/C39H48N8O9/c1-23(2)35-38(52)41-20-26-29(54-4)13-10-14-30(26)56-32-19-25(15-16-31(32)55-5)37(51)40-17-8-9-18-46(21-33(49)42-36(24(3)48)39(53)43-35)34(50)22-47-44-27-11-6-7-12-28(27)45-47/h6-7,10-16,19,23-24,35-36,48H,8-9,17-18,20-22H2,1-5H3,(H,40,51)(H,41,52)(H,42,49)(H,43,53)/t24-,35-,36+/m1/s1. The summed E-state index contributed by atoms with van der Waals surface area (Å²) in [5.41, 5.74) is 1.96. The first-order chi connectivity index (χ1) is 26.9. The number of aliphatic hydroxyl groups is 1. The lowest BCUT2D eigenvalue weighted by molar-refractivity contribution is -0.139. The van der Waals surface area contributed by atoms with Crippen LogP contribution < -0.4 is 35.5 Å². The second-order valence-electron chi connectivity index (χ2n) is 13.6. The first-order valence-electron chi connectivity index (χ1n) is 18.3. The Morgan fingerprint density at radius 3 is 2.23 bits per heavy atom. The fourth-order valence-corrected chi connectivity index (χ4v) is 6.10. The van der Waals surface area contributed by atoms with Gasteiger partial charge in [-0.2, -0.15) is 15.0 Å². The van der Waals surface area contributed by atoms with Crippen LogP contribution in [0, 0.1) is 5.92 Å². The summed E-state index contributed by atoms with van der Waals surface area (Å²) in [6.07, 6.45) is -0.514. The summed E-state index contributed by atoms with van der Waals surface area (Å²) >= 11 is 0. The van der Waals surface area contributed by atoms with Gasteiger partial charge in [0.15, 0.2) is 11.5 Å². The maximum absolute atomic E-state index is 13.7. The summed E-state index contributed by atoms with van der Waals surface area (Å²) < 4.78 is 17.4. The number of benzene rings is 3. The maximum Gasteiger partial charge on any atom is 0.251 e. The molecule has 2 heterocycles. The number of amides is 5. The number of nitrogens with one attached hydrogen (secondary N) is 4. The molecule has 1 aromatic heterocycles. The van der Waals surface area contributed by atoms with Gasteiger partial charge in [-0.3, -0.25) is 24.0 Å². The third kappa shape index (κ3) is 10.3. The van der Waals surface area contributed by atoms with Crippen LogP contribution in [0.3, 0.4) is 0 Å². The molecule has 17 heteroatoms. The number of carbonyl (C=O) groups excluding carboxylic acids is 5. The second kappa shape index (κ2) is 18.9.